The average Bonchev–Trinajstić information content (AvgIpc) is 2.96. The minimum Gasteiger partial charge on any atom is -0.381 e. The van der Waals surface area contributed by atoms with Crippen LogP contribution in [-0.2, 0) is 20.7 Å². The maximum atomic E-state index is 12.8. The fourth-order valence-corrected chi connectivity index (χ4v) is 6.14. The molecule has 1 unspecified atom stereocenters. The molecule has 2 saturated heterocycles. The van der Waals surface area contributed by atoms with E-state index in [2.05, 4.69) is 17.5 Å². The van der Waals surface area contributed by atoms with Gasteiger partial charge in [0.1, 0.15) is 28.2 Å². The van der Waals surface area contributed by atoms with Crippen LogP contribution in [0, 0.1) is 28.6 Å². The number of thioether (sulfide) groups is 1. The van der Waals surface area contributed by atoms with Crippen molar-refractivity contribution < 1.29 is 14.3 Å². The number of nitrogens with one attached hydrogen (secondary N) is 1. The van der Waals surface area contributed by atoms with Crippen LogP contribution in [0.1, 0.15) is 60.1 Å². The van der Waals surface area contributed by atoms with Crippen molar-refractivity contribution in [2.45, 2.75) is 55.0 Å². The molecule has 4 rings (SSSR count). The Morgan fingerprint density at radius 3 is 2.38 bits per heavy atom. The maximum Gasteiger partial charge on any atom is 0.235 e. The number of aromatic nitrogens is 1. The van der Waals surface area contributed by atoms with E-state index in [1.165, 1.54) is 0 Å². The Bertz CT molecular complexity index is 1290. The fourth-order valence-electron chi connectivity index (χ4n) is 5.08. The number of carbonyl (C=O) groups excluding carboxylic acids is 2. The van der Waals surface area contributed by atoms with Gasteiger partial charge in [-0.3, -0.25) is 9.59 Å². The summed E-state index contributed by atoms with van der Waals surface area (Å²) >= 11 is 1.12. The van der Waals surface area contributed by atoms with Crippen LogP contribution >= 0.6 is 11.8 Å². The van der Waals surface area contributed by atoms with Crippen LogP contribution in [0.3, 0.4) is 0 Å². The number of nitrogens with zero attached hydrogens (tertiary/aromatic N) is 4. The molecular weight excluding hydrogens is 514 g/mol. The molecule has 39 heavy (non-hydrogen) atoms. The lowest BCUT2D eigenvalue weighted by Crippen LogP contribution is -2.62. The third kappa shape index (κ3) is 6.34. The SMILES string of the molecule is CCc1c(C#N)c(SC(C(N)=O)c2ccccc2)nc(N2CCC(N)(NC(=O)C3CCOCC3)CC2)c1C#N. The van der Waals surface area contributed by atoms with E-state index in [1.54, 1.807) is 12.1 Å². The van der Waals surface area contributed by atoms with E-state index >= 15 is 0 Å². The van der Waals surface area contributed by atoms with Crippen molar-refractivity contribution in [3.8, 4) is 12.1 Å². The Balaban J connectivity index is 1.61. The van der Waals surface area contributed by atoms with E-state index in [9.17, 15) is 20.1 Å². The first-order chi connectivity index (χ1) is 18.8. The molecule has 3 heterocycles. The lowest BCUT2D eigenvalue weighted by Gasteiger charge is -2.41. The summed E-state index contributed by atoms with van der Waals surface area (Å²) < 4.78 is 5.36. The lowest BCUT2D eigenvalue weighted by molar-refractivity contribution is -0.130. The molecule has 11 heteroatoms. The second kappa shape index (κ2) is 12.5. The highest BCUT2D eigenvalue weighted by molar-refractivity contribution is 8.00. The predicted molar refractivity (Wildman–Crippen MR) is 147 cm³/mol. The Morgan fingerprint density at radius 1 is 1.18 bits per heavy atom. The zero-order chi connectivity index (χ0) is 28.0. The van der Waals surface area contributed by atoms with Crippen LogP contribution in [0.4, 0.5) is 5.82 Å². The van der Waals surface area contributed by atoms with Crippen molar-refractivity contribution in [1.29, 1.82) is 10.5 Å². The van der Waals surface area contributed by atoms with Gasteiger partial charge in [-0.05, 0) is 30.4 Å². The number of anilines is 1. The predicted octanol–water partition coefficient (Wildman–Crippen LogP) is 2.50. The molecule has 2 aliphatic rings. The van der Waals surface area contributed by atoms with Crippen molar-refractivity contribution in [3.05, 3.63) is 52.6 Å². The molecule has 204 valence electrons. The molecule has 0 spiro atoms. The molecule has 1 aromatic heterocycles. The Labute approximate surface area is 232 Å². The van der Waals surface area contributed by atoms with Crippen molar-refractivity contribution >= 4 is 29.4 Å². The summed E-state index contributed by atoms with van der Waals surface area (Å²) in [5.74, 6) is -0.247. The number of amides is 2. The number of nitriles is 2. The standard InChI is InChI=1S/C28H33N7O3S/c1-2-20-21(16-29)25(33-27(22(20)17-30)39-23(24(31)36)18-6-4-3-5-7-18)35-12-10-28(32,11-13-35)34-26(37)19-8-14-38-15-9-19/h3-7,19,23H,2,8-15,32H2,1H3,(H2,31,36)(H,34,37). The molecule has 5 N–H and O–H groups in total. The highest BCUT2D eigenvalue weighted by atomic mass is 32.2. The van der Waals surface area contributed by atoms with E-state index in [4.69, 9.17) is 21.2 Å². The number of carbonyl (C=O) groups is 2. The molecule has 2 aliphatic heterocycles. The minimum atomic E-state index is -0.860. The molecule has 1 aromatic carbocycles. The molecule has 0 bridgehead atoms. The van der Waals surface area contributed by atoms with E-state index in [1.807, 2.05) is 30.0 Å². The summed E-state index contributed by atoms with van der Waals surface area (Å²) in [6.45, 7) is 3.95. The van der Waals surface area contributed by atoms with Gasteiger partial charge >= 0.3 is 0 Å². The molecule has 1 atom stereocenters. The number of nitrogens with two attached hydrogens (primary N) is 2. The van der Waals surface area contributed by atoms with Gasteiger partial charge in [-0.1, -0.05) is 49.0 Å². The number of rotatable bonds is 8. The second-order valence-electron chi connectivity index (χ2n) is 9.88. The second-order valence-corrected chi connectivity index (χ2v) is 11.0. The number of primary amides is 1. The van der Waals surface area contributed by atoms with Gasteiger partial charge in [0.15, 0.2) is 0 Å². The maximum absolute atomic E-state index is 12.8. The van der Waals surface area contributed by atoms with Gasteiger partial charge in [-0.15, -0.1) is 0 Å². The Morgan fingerprint density at radius 2 is 1.82 bits per heavy atom. The topological polar surface area (TPSA) is 171 Å². The van der Waals surface area contributed by atoms with Crippen LogP contribution in [0.25, 0.3) is 0 Å². The molecular formula is C28H33N7O3S. The quantitative estimate of drug-likeness (QED) is 0.332. The normalized spacial score (nSPS) is 18.0. The van der Waals surface area contributed by atoms with Crippen LogP contribution in [-0.4, -0.2) is 48.8 Å². The summed E-state index contributed by atoms with van der Waals surface area (Å²) in [6, 6.07) is 13.5. The molecule has 0 radical (unpaired) electrons. The molecule has 2 amide bonds. The van der Waals surface area contributed by atoms with Crippen LogP contribution in [0.15, 0.2) is 35.4 Å². The van der Waals surface area contributed by atoms with Gasteiger partial charge in [0.2, 0.25) is 11.8 Å². The van der Waals surface area contributed by atoms with E-state index in [0.717, 1.165) is 11.8 Å². The Kier molecular flexibility index (Phi) is 9.08. The van der Waals surface area contributed by atoms with Gasteiger partial charge < -0.3 is 26.4 Å². The monoisotopic (exact) mass is 547 g/mol. The van der Waals surface area contributed by atoms with Crippen LogP contribution < -0.4 is 21.7 Å². The first-order valence-electron chi connectivity index (χ1n) is 13.1. The number of hydrogen-bond donors (Lipinski definition) is 3. The number of ether oxygens (including phenoxy) is 1. The summed E-state index contributed by atoms with van der Waals surface area (Å²) in [5, 5.41) is 22.8. The largest absolute Gasteiger partial charge is 0.381 e. The van der Waals surface area contributed by atoms with Crippen LogP contribution in [0.5, 0.6) is 0 Å². The van der Waals surface area contributed by atoms with Gasteiger partial charge in [0.25, 0.3) is 0 Å². The van der Waals surface area contributed by atoms with E-state index < -0.39 is 16.8 Å². The summed E-state index contributed by atoms with van der Waals surface area (Å²) in [5.41, 5.74) is 13.4. The van der Waals surface area contributed by atoms with Crippen molar-refractivity contribution in [2.75, 3.05) is 31.2 Å². The highest BCUT2D eigenvalue weighted by Gasteiger charge is 2.36. The smallest absolute Gasteiger partial charge is 0.235 e. The highest BCUT2D eigenvalue weighted by Crippen LogP contribution is 2.40. The van der Waals surface area contributed by atoms with Crippen molar-refractivity contribution in [1.82, 2.24) is 10.3 Å². The first kappa shape index (κ1) is 28.4. The summed E-state index contributed by atoms with van der Waals surface area (Å²) in [6.07, 6.45) is 2.74. The number of pyridine rings is 1. The molecule has 2 fully saturated rings. The third-order valence-corrected chi connectivity index (χ3v) is 8.59. The Hall–Kier alpha value is -3.64. The van der Waals surface area contributed by atoms with Gasteiger partial charge in [-0.25, -0.2) is 4.98 Å². The third-order valence-electron chi connectivity index (χ3n) is 7.34. The number of piperidine rings is 1. The minimum absolute atomic E-state index is 0.0474. The van der Waals surface area contributed by atoms with E-state index in [0.29, 0.717) is 85.9 Å². The molecule has 10 nitrogen and oxygen atoms in total. The summed E-state index contributed by atoms with van der Waals surface area (Å²) in [7, 11) is 0. The molecule has 0 saturated carbocycles. The van der Waals surface area contributed by atoms with Gasteiger partial charge in [0.05, 0.1) is 16.8 Å². The molecule has 0 aliphatic carbocycles. The van der Waals surface area contributed by atoms with Crippen molar-refractivity contribution in [2.24, 2.45) is 17.4 Å². The zero-order valence-electron chi connectivity index (χ0n) is 22.0. The van der Waals surface area contributed by atoms with Crippen molar-refractivity contribution in [3.63, 3.8) is 0 Å². The first-order valence-corrected chi connectivity index (χ1v) is 14.0. The zero-order valence-corrected chi connectivity index (χ0v) is 22.8. The molecule has 2 aromatic rings. The van der Waals surface area contributed by atoms with Gasteiger partial charge in [-0.2, -0.15) is 10.5 Å². The summed E-state index contributed by atoms with van der Waals surface area (Å²) in [4.78, 5) is 32.0. The van der Waals surface area contributed by atoms with Gasteiger partial charge in [0, 0.05) is 45.1 Å². The fraction of sp³-hybridized carbons (Fsp3) is 0.464. The average molecular weight is 548 g/mol. The van der Waals surface area contributed by atoms with E-state index in [-0.39, 0.29) is 17.4 Å². The lowest BCUT2D eigenvalue weighted by atomic mass is 9.93. The number of benzene rings is 1. The van der Waals surface area contributed by atoms with Crippen LogP contribution in [0.2, 0.25) is 0 Å². The number of hydrogen-bond acceptors (Lipinski definition) is 9.